The van der Waals surface area contributed by atoms with Crippen molar-refractivity contribution in [3.63, 3.8) is 0 Å². The molecule has 1 unspecified atom stereocenters. The molecule has 1 atom stereocenters. The Morgan fingerprint density at radius 3 is 2.85 bits per heavy atom. The van der Waals surface area contributed by atoms with Gasteiger partial charge < -0.3 is 10.1 Å². The summed E-state index contributed by atoms with van der Waals surface area (Å²) in [6.07, 6.45) is 0.422. The first kappa shape index (κ1) is 10.9. The topological polar surface area (TPSA) is 58.7 Å². The van der Waals surface area contributed by atoms with Gasteiger partial charge in [-0.25, -0.2) is 5.01 Å². The fraction of sp³-hybridized carbons (Fsp3) is 0.833. The van der Waals surface area contributed by atoms with Gasteiger partial charge >= 0.3 is 5.84 Å². The van der Waals surface area contributed by atoms with Crippen molar-refractivity contribution < 1.29 is 4.92 Å². The van der Waals surface area contributed by atoms with Crippen LogP contribution in [0.3, 0.4) is 0 Å². The summed E-state index contributed by atoms with van der Waals surface area (Å²) in [4.78, 5) is 10.0. The maximum atomic E-state index is 10.4. The molecule has 74 valence electrons. The highest BCUT2D eigenvalue weighted by Gasteiger charge is 2.34. The number of nitro groups is 1. The summed E-state index contributed by atoms with van der Waals surface area (Å²) in [5, 5.41) is 17.6. The van der Waals surface area contributed by atoms with Crippen molar-refractivity contribution in [3.8, 4) is 0 Å². The number of hydrazone groups is 1. The number of hydrogen-bond acceptors (Lipinski definition) is 4. The Hall–Kier alpha value is -0.170. The summed E-state index contributed by atoms with van der Waals surface area (Å²) < 4.78 is 0. The molecule has 0 saturated carbocycles. The van der Waals surface area contributed by atoms with Gasteiger partial charge in [0.2, 0.25) is 0 Å². The second-order valence-electron chi connectivity index (χ2n) is 2.64. The lowest BCUT2D eigenvalue weighted by molar-refractivity contribution is -0.352. The van der Waals surface area contributed by atoms with Gasteiger partial charge in [-0.15, -0.1) is 0 Å². The van der Waals surface area contributed by atoms with E-state index in [1.807, 2.05) is 0 Å². The molecule has 0 spiro atoms. The van der Waals surface area contributed by atoms with Crippen molar-refractivity contribution >= 4 is 37.7 Å². The molecule has 1 rings (SSSR count). The van der Waals surface area contributed by atoms with Crippen LogP contribution in [0.15, 0.2) is 5.10 Å². The molecule has 0 saturated heterocycles. The minimum absolute atomic E-state index is 0.0606. The van der Waals surface area contributed by atoms with Crippen LogP contribution in [0.1, 0.15) is 6.42 Å². The Labute approximate surface area is 92.6 Å². The van der Waals surface area contributed by atoms with Gasteiger partial charge in [0.15, 0.2) is 0 Å². The molecule has 0 amide bonds. The molecule has 0 aromatic rings. The van der Waals surface area contributed by atoms with Crippen LogP contribution >= 0.6 is 31.9 Å². The molecule has 0 aromatic carbocycles. The van der Waals surface area contributed by atoms with E-state index < -0.39 is 4.92 Å². The summed E-state index contributed by atoms with van der Waals surface area (Å²) in [6, 6.07) is 0.123. The number of amidine groups is 1. The average Bonchev–Trinajstić information content (AvgIpc) is 2.48. The Balaban J connectivity index is 2.63. The molecular weight excluding hydrogens is 306 g/mol. The van der Waals surface area contributed by atoms with Crippen LogP contribution < -0.4 is 0 Å². The Morgan fingerprint density at radius 1 is 1.69 bits per heavy atom. The van der Waals surface area contributed by atoms with E-state index in [0.29, 0.717) is 18.3 Å². The molecule has 0 fully saturated rings. The zero-order chi connectivity index (χ0) is 9.84. The highest BCUT2D eigenvalue weighted by atomic mass is 79.9. The van der Waals surface area contributed by atoms with E-state index >= 15 is 0 Å². The van der Waals surface area contributed by atoms with Gasteiger partial charge in [0.25, 0.3) is 0 Å². The summed E-state index contributed by atoms with van der Waals surface area (Å²) in [5.74, 6) is 0.0606. The van der Waals surface area contributed by atoms with E-state index in [1.54, 1.807) is 5.01 Å². The maximum absolute atomic E-state index is 10.4. The normalized spacial score (nSPS) is 21.8. The zero-order valence-electron chi connectivity index (χ0n) is 6.82. The minimum atomic E-state index is -0.413. The van der Waals surface area contributed by atoms with Crippen LogP contribution in [0.5, 0.6) is 0 Å². The Kier molecular flexibility index (Phi) is 4.11. The molecule has 5 nitrogen and oxygen atoms in total. The monoisotopic (exact) mass is 313 g/mol. The van der Waals surface area contributed by atoms with Crippen LogP contribution in [0, 0.1) is 10.1 Å². The quantitative estimate of drug-likeness (QED) is 0.450. The second kappa shape index (κ2) is 4.90. The Morgan fingerprint density at radius 2 is 2.38 bits per heavy atom. The first-order valence-electron chi connectivity index (χ1n) is 3.79. The van der Waals surface area contributed by atoms with Gasteiger partial charge in [-0.3, -0.25) is 0 Å². The minimum Gasteiger partial charge on any atom is -0.358 e. The molecule has 1 aliphatic rings. The maximum Gasteiger partial charge on any atom is 0.365 e. The van der Waals surface area contributed by atoms with Crippen molar-refractivity contribution in [2.75, 3.05) is 17.2 Å². The first-order chi connectivity index (χ1) is 6.19. The van der Waals surface area contributed by atoms with Crippen LogP contribution in [-0.2, 0) is 0 Å². The lowest BCUT2D eigenvalue weighted by atomic mass is 10.2. The van der Waals surface area contributed by atoms with Crippen LogP contribution in [0.25, 0.3) is 0 Å². The van der Waals surface area contributed by atoms with Gasteiger partial charge in [-0.05, 0) is 4.92 Å². The summed E-state index contributed by atoms with van der Waals surface area (Å²) in [6.45, 7) is 0.702. The number of rotatable bonds is 3. The molecule has 0 aliphatic carbocycles. The largest absolute Gasteiger partial charge is 0.365 e. The fourth-order valence-electron chi connectivity index (χ4n) is 1.15. The molecular formula is C6H9Br2N3O2. The lowest BCUT2D eigenvalue weighted by Gasteiger charge is -2.13. The summed E-state index contributed by atoms with van der Waals surface area (Å²) in [7, 11) is 0. The smallest absolute Gasteiger partial charge is 0.358 e. The first-order valence-corrected chi connectivity index (χ1v) is 6.03. The Bertz CT molecular complexity index is 234. The van der Waals surface area contributed by atoms with Crippen molar-refractivity contribution in [1.29, 1.82) is 0 Å². The van der Waals surface area contributed by atoms with Gasteiger partial charge in [0, 0.05) is 15.8 Å². The SMILES string of the molecule is O=[N+]([O-])C1=NN(CCBr)C(CBr)C1. The van der Waals surface area contributed by atoms with Crippen molar-refractivity contribution in [2.24, 2.45) is 5.10 Å². The molecule has 0 aromatic heterocycles. The predicted octanol–water partition coefficient (Wildman–Crippen LogP) is 1.44. The van der Waals surface area contributed by atoms with Gasteiger partial charge in [-0.2, -0.15) is 0 Å². The molecule has 13 heavy (non-hydrogen) atoms. The average molecular weight is 315 g/mol. The van der Waals surface area contributed by atoms with Crippen molar-refractivity contribution in [1.82, 2.24) is 5.01 Å². The molecule has 7 heteroatoms. The number of halogens is 2. The van der Waals surface area contributed by atoms with Gasteiger partial charge in [-0.1, -0.05) is 31.9 Å². The fourth-order valence-corrected chi connectivity index (χ4v) is 2.08. The van der Waals surface area contributed by atoms with Crippen molar-refractivity contribution in [2.45, 2.75) is 12.5 Å². The van der Waals surface area contributed by atoms with E-state index in [-0.39, 0.29) is 11.9 Å². The molecule has 0 N–H and O–H groups in total. The number of nitrogens with zero attached hydrogens (tertiary/aromatic N) is 3. The van der Waals surface area contributed by atoms with E-state index in [1.165, 1.54) is 0 Å². The van der Waals surface area contributed by atoms with Crippen molar-refractivity contribution in [3.05, 3.63) is 10.1 Å². The predicted molar refractivity (Wildman–Crippen MR) is 57.1 cm³/mol. The third-order valence-corrected chi connectivity index (χ3v) is 2.89. The van der Waals surface area contributed by atoms with Crippen LogP contribution in [0.2, 0.25) is 0 Å². The molecule has 0 radical (unpaired) electrons. The third-order valence-electron chi connectivity index (χ3n) is 1.79. The number of alkyl halides is 2. The standard InChI is InChI=1S/C6H9Br2N3O2/c7-1-2-10-5(4-8)3-6(9-10)11(12)13/h5H,1-4H2. The van der Waals surface area contributed by atoms with E-state index in [2.05, 4.69) is 37.0 Å². The van der Waals surface area contributed by atoms with E-state index in [0.717, 1.165) is 5.33 Å². The zero-order valence-corrected chi connectivity index (χ0v) is 9.99. The highest BCUT2D eigenvalue weighted by molar-refractivity contribution is 9.09. The van der Waals surface area contributed by atoms with E-state index in [4.69, 9.17) is 0 Å². The third kappa shape index (κ3) is 2.63. The van der Waals surface area contributed by atoms with Crippen LogP contribution in [0.4, 0.5) is 0 Å². The second-order valence-corrected chi connectivity index (χ2v) is 4.08. The molecule has 1 aliphatic heterocycles. The lowest BCUT2D eigenvalue weighted by Crippen LogP contribution is -2.29. The molecule has 1 heterocycles. The highest BCUT2D eigenvalue weighted by Crippen LogP contribution is 2.17. The van der Waals surface area contributed by atoms with Gasteiger partial charge in [0.05, 0.1) is 19.0 Å². The number of hydrogen-bond donors (Lipinski definition) is 0. The van der Waals surface area contributed by atoms with Crippen LogP contribution in [-0.4, -0.2) is 39.0 Å². The molecule has 0 bridgehead atoms. The van der Waals surface area contributed by atoms with Gasteiger partial charge in [0.1, 0.15) is 0 Å². The summed E-state index contributed by atoms with van der Waals surface area (Å²) in [5.41, 5.74) is 0. The summed E-state index contributed by atoms with van der Waals surface area (Å²) >= 11 is 6.59. The van der Waals surface area contributed by atoms with E-state index in [9.17, 15) is 10.1 Å².